The zero-order valence-electron chi connectivity index (χ0n) is 14.3. The number of rotatable bonds is 7. The Bertz CT molecular complexity index is 741. The molecular formula is C20H21NO5. The van der Waals surface area contributed by atoms with Crippen LogP contribution in [0, 0.1) is 0 Å². The summed E-state index contributed by atoms with van der Waals surface area (Å²) in [6, 6.07) is 19.0. The average Bonchev–Trinajstić information content (AvgIpc) is 2.63. The highest BCUT2D eigenvalue weighted by atomic mass is 16.5. The maximum atomic E-state index is 12.2. The van der Waals surface area contributed by atoms with Crippen molar-refractivity contribution >= 4 is 12.1 Å². The van der Waals surface area contributed by atoms with E-state index < -0.39 is 17.7 Å². The monoisotopic (exact) mass is 355 g/mol. The van der Waals surface area contributed by atoms with Crippen LogP contribution in [0.4, 0.5) is 4.79 Å². The van der Waals surface area contributed by atoms with Crippen molar-refractivity contribution in [2.75, 3.05) is 13.1 Å². The molecule has 1 fully saturated rings. The first-order chi connectivity index (χ1) is 12.6. The van der Waals surface area contributed by atoms with Gasteiger partial charge in [0.1, 0.15) is 12.2 Å². The van der Waals surface area contributed by atoms with E-state index in [0.717, 1.165) is 11.1 Å². The van der Waals surface area contributed by atoms with Crippen molar-refractivity contribution in [1.29, 1.82) is 0 Å². The van der Waals surface area contributed by atoms with Gasteiger partial charge in [-0.25, -0.2) is 4.79 Å². The minimum Gasteiger partial charge on any atom is -0.465 e. The van der Waals surface area contributed by atoms with Crippen LogP contribution in [-0.4, -0.2) is 40.8 Å². The molecule has 0 saturated carbocycles. The number of benzene rings is 2. The Balaban J connectivity index is 1.57. The van der Waals surface area contributed by atoms with Crippen LogP contribution in [-0.2, 0) is 27.5 Å². The summed E-state index contributed by atoms with van der Waals surface area (Å²) >= 11 is 0. The minimum atomic E-state index is -1.01. The summed E-state index contributed by atoms with van der Waals surface area (Å²) in [5.41, 5.74) is 1.04. The maximum Gasteiger partial charge on any atom is 0.407 e. The Hall–Kier alpha value is -2.86. The maximum absolute atomic E-state index is 12.2. The molecule has 6 heteroatoms. The molecule has 136 valence electrons. The van der Waals surface area contributed by atoms with Gasteiger partial charge in [-0.05, 0) is 11.1 Å². The summed E-state index contributed by atoms with van der Waals surface area (Å²) in [6.45, 7) is 0.836. The summed E-state index contributed by atoms with van der Waals surface area (Å²) in [5.74, 6) is -0.396. The SMILES string of the molecule is O=C(CC1(OCc2ccccc2)CN(C(=O)O)C1)OCc1ccccc1. The molecule has 0 aromatic heterocycles. The average molecular weight is 355 g/mol. The Morgan fingerprint density at radius 2 is 1.46 bits per heavy atom. The quantitative estimate of drug-likeness (QED) is 0.773. The molecule has 1 heterocycles. The first-order valence-corrected chi connectivity index (χ1v) is 8.42. The van der Waals surface area contributed by atoms with Crippen LogP contribution in [0.25, 0.3) is 0 Å². The molecule has 26 heavy (non-hydrogen) atoms. The summed E-state index contributed by atoms with van der Waals surface area (Å²) in [5, 5.41) is 9.09. The molecule has 0 spiro atoms. The molecule has 1 N–H and O–H groups in total. The van der Waals surface area contributed by atoms with E-state index in [0.29, 0.717) is 6.61 Å². The summed E-state index contributed by atoms with van der Waals surface area (Å²) in [6.07, 6.45) is -0.988. The van der Waals surface area contributed by atoms with Gasteiger partial charge in [-0.2, -0.15) is 0 Å². The van der Waals surface area contributed by atoms with E-state index in [4.69, 9.17) is 14.6 Å². The molecule has 2 aromatic rings. The van der Waals surface area contributed by atoms with E-state index in [1.807, 2.05) is 60.7 Å². The molecule has 0 unspecified atom stereocenters. The van der Waals surface area contributed by atoms with Gasteiger partial charge in [0.25, 0.3) is 0 Å². The van der Waals surface area contributed by atoms with Crippen molar-refractivity contribution in [3.63, 3.8) is 0 Å². The van der Waals surface area contributed by atoms with Gasteiger partial charge in [-0.15, -0.1) is 0 Å². The van der Waals surface area contributed by atoms with Crippen LogP contribution in [0.1, 0.15) is 17.5 Å². The van der Waals surface area contributed by atoms with E-state index >= 15 is 0 Å². The van der Waals surface area contributed by atoms with Gasteiger partial charge in [-0.3, -0.25) is 4.79 Å². The highest BCUT2D eigenvalue weighted by Gasteiger charge is 2.48. The zero-order chi connectivity index (χ0) is 18.4. The Morgan fingerprint density at radius 1 is 0.923 bits per heavy atom. The fraction of sp³-hybridized carbons (Fsp3) is 0.300. The van der Waals surface area contributed by atoms with Crippen molar-refractivity contribution in [2.45, 2.75) is 25.2 Å². The number of carbonyl (C=O) groups excluding carboxylic acids is 1. The van der Waals surface area contributed by atoms with Crippen molar-refractivity contribution in [3.8, 4) is 0 Å². The lowest BCUT2D eigenvalue weighted by Crippen LogP contribution is -2.65. The minimum absolute atomic E-state index is 0.0243. The highest BCUT2D eigenvalue weighted by molar-refractivity contribution is 5.73. The summed E-state index contributed by atoms with van der Waals surface area (Å²) in [7, 11) is 0. The van der Waals surface area contributed by atoms with Crippen LogP contribution in [0.3, 0.4) is 0 Å². The van der Waals surface area contributed by atoms with Crippen LogP contribution in [0.2, 0.25) is 0 Å². The van der Waals surface area contributed by atoms with E-state index in [1.54, 1.807) is 0 Å². The predicted molar refractivity (Wildman–Crippen MR) is 94.4 cm³/mol. The molecule has 3 rings (SSSR count). The molecule has 0 atom stereocenters. The number of carbonyl (C=O) groups is 2. The molecule has 0 bridgehead atoms. The fourth-order valence-corrected chi connectivity index (χ4v) is 2.90. The van der Waals surface area contributed by atoms with Gasteiger partial charge in [0, 0.05) is 0 Å². The van der Waals surface area contributed by atoms with Crippen molar-refractivity contribution in [2.24, 2.45) is 0 Å². The third-order valence-corrected chi connectivity index (χ3v) is 4.33. The van der Waals surface area contributed by atoms with Crippen LogP contribution in [0.15, 0.2) is 60.7 Å². The number of carboxylic acid groups (broad SMARTS) is 1. The third kappa shape index (κ3) is 4.61. The summed E-state index contributed by atoms with van der Waals surface area (Å²) < 4.78 is 11.3. The summed E-state index contributed by atoms with van der Waals surface area (Å²) in [4.78, 5) is 24.6. The number of ether oxygens (including phenoxy) is 2. The zero-order valence-corrected chi connectivity index (χ0v) is 14.3. The molecular weight excluding hydrogens is 334 g/mol. The van der Waals surface area contributed by atoms with Gasteiger partial charge in [-0.1, -0.05) is 60.7 Å². The molecule has 0 aliphatic carbocycles. The molecule has 1 amide bonds. The van der Waals surface area contributed by atoms with Crippen molar-refractivity contribution in [1.82, 2.24) is 4.90 Å². The van der Waals surface area contributed by atoms with Gasteiger partial charge < -0.3 is 19.5 Å². The lowest BCUT2D eigenvalue weighted by molar-refractivity contribution is -0.172. The standard InChI is InChI=1S/C20H21NO5/c22-18(25-12-16-7-3-1-4-8-16)11-20(14-21(15-20)19(23)24)26-13-17-9-5-2-6-10-17/h1-10H,11-15H2,(H,23,24). The number of esters is 1. The Morgan fingerprint density at radius 3 is 2.00 bits per heavy atom. The van der Waals surface area contributed by atoms with Crippen LogP contribution in [0.5, 0.6) is 0 Å². The second-order valence-corrected chi connectivity index (χ2v) is 6.42. The van der Waals surface area contributed by atoms with Gasteiger partial charge in [0.2, 0.25) is 0 Å². The largest absolute Gasteiger partial charge is 0.465 e. The van der Waals surface area contributed by atoms with Crippen LogP contribution >= 0.6 is 0 Å². The van der Waals surface area contributed by atoms with Crippen molar-refractivity contribution < 1.29 is 24.2 Å². The third-order valence-electron chi connectivity index (χ3n) is 4.33. The number of amides is 1. The molecule has 6 nitrogen and oxygen atoms in total. The van der Waals surface area contributed by atoms with E-state index in [1.165, 1.54) is 4.90 Å². The van der Waals surface area contributed by atoms with Gasteiger partial charge in [0.05, 0.1) is 26.1 Å². The number of hydrogen-bond donors (Lipinski definition) is 1. The lowest BCUT2D eigenvalue weighted by Gasteiger charge is -2.47. The molecule has 0 radical (unpaired) electrons. The number of hydrogen-bond acceptors (Lipinski definition) is 4. The van der Waals surface area contributed by atoms with Crippen molar-refractivity contribution in [3.05, 3.63) is 71.8 Å². The molecule has 1 saturated heterocycles. The normalized spacial score (nSPS) is 15.2. The highest BCUT2D eigenvalue weighted by Crippen LogP contribution is 2.30. The molecule has 2 aromatic carbocycles. The first-order valence-electron chi connectivity index (χ1n) is 8.42. The molecule has 1 aliphatic heterocycles. The Labute approximate surface area is 152 Å². The topological polar surface area (TPSA) is 76.1 Å². The fourth-order valence-electron chi connectivity index (χ4n) is 2.90. The van der Waals surface area contributed by atoms with E-state index in [2.05, 4.69) is 0 Å². The Kier molecular flexibility index (Phi) is 5.53. The second-order valence-electron chi connectivity index (χ2n) is 6.42. The van der Waals surface area contributed by atoms with Gasteiger partial charge >= 0.3 is 12.1 Å². The first kappa shape index (κ1) is 17.9. The van der Waals surface area contributed by atoms with E-state index in [-0.39, 0.29) is 26.1 Å². The lowest BCUT2D eigenvalue weighted by atomic mass is 9.90. The smallest absolute Gasteiger partial charge is 0.407 e. The van der Waals surface area contributed by atoms with E-state index in [9.17, 15) is 9.59 Å². The predicted octanol–water partition coefficient (Wildman–Crippen LogP) is 3.07. The van der Waals surface area contributed by atoms with Gasteiger partial charge in [0.15, 0.2) is 0 Å². The number of likely N-dealkylation sites (tertiary alicyclic amines) is 1. The van der Waals surface area contributed by atoms with Crippen LogP contribution < -0.4 is 0 Å². The molecule has 1 aliphatic rings. The number of nitrogens with zero attached hydrogens (tertiary/aromatic N) is 1. The second kappa shape index (κ2) is 8.01.